The molecule has 1 aromatic heterocycles. The maximum atomic E-state index is 13.1. The van der Waals surface area contributed by atoms with E-state index in [4.69, 9.17) is 4.74 Å². The highest BCUT2D eigenvalue weighted by molar-refractivity contribution is 5.94. The number of nitrogens with zero attached hydrogens (tertiary/aromatic N) is 3. The van der Waals surface area contributed by atoms with Gasteiger partial charge in [-0.1, -0.05) is 19.1 Å². The number of aliphatic hydroxyl groups is 1. The number of carbonyl (C=O) groups is 2. The Morgan fingerprint density at radius 1 is 1.41 bits per heavy atom. The first kappa shape index (κ1) is 17.7. The van der Waals surface area contributed by atoms with Crippen molar-refractivity contribution < 1.29 is 24.4 Å². The van der Waals surface area contributed by atoms with Crippen molar-refractivity contribution in [3.8, 4) is 0 Å². The Balaban J connectivity index is 1.68. The van der Waals surface area contributed by atoms with E-state index < -0.39 is 28.5 Å². The third kappa shape index (κ3) is 2.27. The highest BCUT2D eigenvalue weighted by atomic mass is 16.6. The second kappa shape index (κ2) is 5.84. The number of rotatable bonds is 2. The standard InChI is InChI=1S/C20H17N3O6/c1-2-20(26)13-7-16-17-10(8-22(16)18(24)12(13)9-29-19(20)25)6-11-14(21-17)4-3-5-15(11)23(27)28/h3-7,12,16,26H,2,8-9H2,1H3/t12?,16?,20-/m0/s1. The lowest BCUT2D eigenvalue weighted by Crippen LogP contribution is -2.55. The summed E-state index contributed by atoms with van der Waals surface area (Å²) in [6, 6.07) is 5.85. The molecule has 9 heteroatoms. The van der Waals surface area contributed by atoms with Crippen molar-refractivity contribution in [1.82, 2.24) is 9.88 Å². The van der Waals surface area contributed by atoms with Crippen LogP contribution in [0.4, 0.5) is 5.69 Å². The molecule has 4 heterocycles. The molecule has 0 spiro atoms. The number of carbonyl (C=O) groups excluding carboxylic acids is 2. The molecule has 9 nitrogen and oxygen atoms in total. The number of nitro groups is 1. The Bertz CT molecular complexity index is 1140. The van der Waals surface area contributed by atoms with Crippen LogP contribution in [0, 0.1) is 16.0 Å². The summed E-state index contributed by atoms with van der Waals surface area (Å²) in [5.74, 6) is -1.72. The van der Waals surface area contributed by atoms with Crippen molar-refractivity contribution in [3.63, 3.8) is 0 Å². The number of aromatic nitrogens is 1. The molecule has 1 aromatic carbocycles. The SMILES string of the molecule is CC[C@@]1(O)C(=O)OCC2C(=O)N3Cc4cc5c([N+](=O)[O-])cccc5nc4C3C=C21. The molecule has 3 aliphatic rings. The van der Waals surface area contributed by atoms with E-state index in [0.29, 0.717) is 27.7 Å². The monoisotopic (exact) mass is 395 g/mol. The van der Waals surface area contributed by atoms with Crippen LogP contribution in [-0.4, -0.2) is 44.0 Å². The summed E-state index contributed by atoms with van der Waals surface area (Å²) in [5.41, 5.74) is 0.268. The fourth-order valence-electron chi connectivity index (χ4n) is 4.54. The lowest BCUT2D eigenvalue weighted by Gasteiger charge is -2.42. The van der Waals surface area contributed by atoms with Crippen LogP contribution in [0.25, 0.3) is 10.9 Å². The fraction of sp³-hybridized carbons (Fsp3) is 0.350. The summed E-state index contributed by atoms with van der Waals surface area (Å²) in [6.45, 7) is 1.81. The second-order valence-corrected chi connectivity index (χ2v) is 7.53. The van der Waals surface area contributed by atoms with Gasteiger partial charge in [0.1, 0.15) is 6.61 Å². The summed E-state index contributed by atoms with van der Waals surface area (Å²) in [4.78, 5) is 42.5. The normalized spacial score (nSPS) is 27.8. The molecule has 2 aromatic rings. The summed E-state index contributed by atoms with van der Waals surface area (Å²) in [6.07, 6.45) is 1.83. The van der Waals surface area contributed by atoms with Crippen molar-refractivity contribution in [2.75, 3.05) is 6.61 Å². The van der Waals surface area contributed by atoms with Crippen LogP contribution >= 0.6 is 0 Å². The first-order chi connectivity index (χ1) is 13.8. The third-order valence-electron chi connectivity index (χ3n) is 6.10. The predicted molar refractivity (Wildman–Crippen MR) is 99.5 cm³/mol. The Morgan fingerprint density at radius 2 is 2.21 bits per heavy atom. The predicted octanol–water partition coefficient (Wildman–Crippen LogP) is 1.78. The van der Waals surface area contributed by atoms with Crippen LogP contribution in [0.1, 0.15) is 30.6 Å². The number of amides is 1. The molecule has 1 fully saturated rings. The summed E-state index contributed by atoms with van der Waals surface area (Å²) >= 11 is 0. The van der Waals surface area contributed by atoms with Crippen molar-refractivity contribution in [2.24, 2.45) is 5.92 Å². The molecular formula is C20H17N3O6. The minimum atomic E-state index is -1.83. The fourth-order valence-corrected chi connectivity index (χ4v) is 4.54. The number of hydrogen-bond donors (Lipinski definition) is 1. The molecule has 1 N–H and O–H groups in total. The zero-order chi connectivity index (χ0) is 20.5. The van der Waals surface area contributed by atoms with Gasteiger partial charge in [-0.25, -0.2) is 9.78 Å². The van der Waals surface area contributed by atoms with Crippen molar-refractivity contribution in [3.05, 3.63) is 57.3 Å². The van der Waals surface area contributed by atoms with Crippen molar-refractivity contribution in [1.29, 1.82) is 0 Å². The number of hydrogen-bond acceptors (Lipinski definition) is 7. The number of esters is 1. The molecule has 2 unspecified atom stereocenters. The molecule has 0 radical (unpaired) electrons. The van der Waals surface area contributed by atoms with E-state index in [2.05, 4.69) is 4.98 Å². The lowest BCUT2D eigenvalue weighted by molar-refractivity contribution is -0.383. The molecule has 3 aliphatic heterocycles. The quantitative estimate of drug-likeness (QED) is 0.356. The van der Waals surface area contributed by atoms with Gasteiger partial charge in [-0.3, -0.25) is 14.9 Å². The largest absolute Gasteiger partial charge is 0.462 e. The second-order valence-electron chi connectivity index (χ2n) is 7.53. The molecule has 0 bridgehead atoms. The van der Waals surface area contributed by atoms with Crippen LogP contribution in [-0.2, 0) is 20.9 Å². The highest BCUT2D eigenvalue weighted by Crippen LogP contribution is 2.46. The van der Waals surface area contributed by atoms with Gasteiger partial charge in [0.05, 0.1) is 33.5 Å². The van der Waals surface area contributed by atoms with Crippen LogP contribution in [0.15, 0.2) is 35.9 Å². The van der Waals surface area contributed by atoms with E-state index in [1.807, 2.05) is 0 Å². The van der Waals surface area contributed by atoms with Gasteiger partial charge < -0.3 is 14.7 Å². The molecule has 1 amide bonds. The van der Waals surface area contributed by atoms with E-state index in [1.165, 1.54) is 6.07 Å². The van der Waals surface area contributed by atoms with E-state index in [-0.39, 0.29) is 31.2 Å². The number of pyridine rings is 1. The first-order valence-corrected chi connectivity index (χ1v) is 9.34. The molecule has 5 rings (SSSR count). The average Bonchev–Trinajstić information content (AvgIpc) is 3.07. The summed E-state index contributed by atoms with van der Waals surface area (Å²) in [7, 11) is 0. The zero-order valence-corrected chi connectivity index (χ0v) is 15.5. The summed E-state index contributed by atoms with van der Waals surface area (Å²) in [5, 5.41) is 22.7. The molecular weight excluding hydrogens is 378 g/mol. The molecule has 29 heavy (non-hydrogen) atoms. The van der Waals surface area contributed by atoms with Crippen LogP contribution in [0.3, 0.4) is 0 Å². The van der Waals surface area contributed by atoms with Gasteiger partial charge in [-0.05, 0) is 29.7 Å². The van der Waals surface area contributed by atoms with Gasteiger partial charge in [0.25, 0.3) is 5.69 Å². The third-order valence-corrected chi connectivity index (χ3v) is 6.10. The number of ether oxygens (including phenoxy) is 1. The van der Waals surface area contributed by atoms with Gasteiger partial charge in [0.15, 0.2) is 5.60 Å². The maximum absolute atomic E-state index is 13.1. The van der Waals surface area contributed by atoms with Crippen LogP contribution < -0.4 is 0 Å². The van der Waals surface area contributed by atoms with Gasteiger partial charge in [0, 0.05) is 12.6 Å². The van der Waals surface area contributed by atoms with Crippen LogP contribution in [0.2, 0.25) is 0 Å². The van der Waals surface area contributed by atoms with Crippen LogP contribution in [0.5, 0.6) is 0 Å². The molecule has 3 atom stereocenters. The first-order valence-electron chi connectivity index (χ1n) is 9.34. The number of nitro benzene ring substituents is 1. The van der Waals surface area contributed by atoms with Gasteiger partial charge in [-0.15, -0.1) is 0 Å². The Hall–Kier alpha value is -3.33. The number of non-ortho nitro benzene ring substituents is 1. The van der Waals surface area contributed by atoms with E-state index in [0.717, 1.165) is 0 Å². The molecule has 1 saturated heterocycles. The van der Waals surface area contributed by atoms with Gasteiger partial charge in [-0.2, -0.15) is 0 Å². The Kier molecular flexibility index (Phi) is 3.57. The van der Waals surface area contributed by atoms with Gasteiger partial charge >= 0.3 is 5.97 Å². The van der Waals surface area contributed by atoms with Crippen molar-refractivity contribution in [2.45, 2.75) is 31.5 Å². The maximum Gasteiger partial charge on any atom is 0.342 e. The highest BCUT2D eigenvalue weighted by Gasteiger charge is 2.54. The van der Waals surface area contributed by atoms with Gasteiger partial charge in [0.2, 0.25) is 5.91 Å². The van der Waals surface area contributed by atoms with E-state index in [1.54, 1.807) is 36.1 Å². The Morgan fingerprint density at radius 3 is 2.93 bits per heavy atom. The smallest absolute Gasteiger partial charge is 0.342 e. The lowest BCUT2D eigenvalue weighted by atomic mass is 9.76. The van der Waals surface area contributed by atoms with E-state index >= 15 is 0 Å². The summed E-state index contributed by atoms with van der Waals surface area (Å²) < 4.78 is 5.09. The minimum absolute atomic E-state index is 0.0413. The zero-order valence-electron chi connectivity index (χ0n) is 15.5. The number of fused-ring (bicyclic) bond motifs is 5. The number of cyclic esters (lactones) is 1. The topological polar surface area (TPSA) is 123 Å². The minimum Gasteiger partial charge on any atom is -0.462 e. The average molecular weight is 395 g/mol. The van der Waals surface area contributed by atoms with E-state index in [9.17, 15) is 24.8 Å². The molecule has 0 aliphatic carbocycles. The Labute approximate surface area is 164 Å². The molecule has 0 saturated carbocycles. The molecule has 148 valence electrons. The van der Waals surface area contributed by atoms with Crippen molar-refractivity contribution >= 4 is 28.5 Å². The number of benzene rings is 1.